The summed E-state index contributed by atoms with van der Waals surface area (Å²) >= 11 is 0. The molecule has 162 valence electrons. The number of para-hydroxylation sites is 1. The Kier molecular flexibility index (Phi) is 6.56. The topological polar surface area (TPSA) is 65.0 Å². The molecular formula is C27H24O5. The molecule has 0 aliphatic rings. The van der Waals surface area contributed by atoms with Crippen LogP contribution in [0.15, 0.2) is 84.9 Å². The van der Waals surface area contributed by atoms with Crippen molar-refractivity contribution in [3.05, 3.63) is 102 Å². The number of hydrogen-bond acceptors (Lipinski definition) is 4. The number of carboxylic acid groups (broad SMARTS) is 1. The van der Waals surface area contributed by atoms with Crippen molar-refractivity contribution in [2.75, 3.05) is 6.61 Å². The Morgan fingerprint density at radius 3 is 2.25 bits per heavy atom. The Morgan fingerprint density at radius 2 is 1.47 bits per heavy atom. The molecule has 0 radical (unpaired) electrons. The van der Waals surface area contributed by atoms with E-state index in [-0.39, 0.29) is 6.61 Å². The first-order valence-electron chi connectivity index (χ1n) is 10.3. The van der Waals surface area contributed by atoms with Crippen molar-refractivity contribution in [3.63, 3.8) is 0 Å². The summed E-state index contributed by atoms with van der Waals surface area (Å²) < 4.78 is 17.4. The third-order valence-electron chi connectivity index (χ3n) is 5.05. The summed E-state index contributed by atoms with van der Waals surface area (Å²) in [6.45, 7) is 2.20. The van der Waals surface area contributed by atoms with Crippen LogP contribution in [-0.4, -0.2) is 17.7 Å². The average molecular weight is 428 g/mol. The summed E-state index contributed by atoms with van der Waals surface area (Å²) in [7, 11) is 0. The first-order chi connectivity index (χ1) is 15.6. The third-order valence-corrected chi connectivity index (χ3v) is 5.05. The van der Waals surface area contributed by atoms with Crippen molar-refractivity contribution in [2.45, 2.75) is 20.1 Å². The molecule has 0 aliphatic carbocycles. The van der Waals surface area contributed by atoms with Gasteiger partial charge in [-0.2, -0.15) is 0 Å². The second kappa shape index (κ2) is 9.88. The lowest BCUT2D eigenvalue weighted by molar-refractivity contribution is -0.139. The Morgan fingerprint density at radius 1 is 0.750 bits per heavy atom. The molecule has 0 spiro atoms. The molecule has 4 aromatic carbocycles. The number of aryl methyl sites for hydroxylation is 1. The van der Waals surface area contributed by atoms with Crippen LogP contribution in [0.5, 0.6) is 17.2 Å². The van der Waals surface area contributed by atoms with Gasteiger partial charge in [0.25, 0.3) is 0 Å². The van der Waals surface area contributed by atoms with E-state index in [1.807, 2.05) is 61.5 Å². The Balaban J connectivity index is 1.40. The van der Waals surface area contributed by atoms with E-state index in [2.05, 4.69) is 30.3 Å². The van der Waals surface area contributed by atoms with Crippen LogP contribution in [0, 0.1) is 6.92 Å². The highest BCUT2D eigenvalue weighted by atomic mass is 16.5. The van der Waals surface area contributed by atoms with E-state index >= 15 is 0 Å². The first-order valence-corrected chi connectivity index (χ1v) is 10.3. The third kappa shape index (κ3) is 5.38. The van der Waals surface area contributed by atoms with E-state index in [1.54, 1.807) is 0 Å². The minimum absolute atomic E-state index is 0.255. The lowest BCUT2D eigenvalue weighted by Gasteiger charge is -2.14. The predicted molar refractivity (Wildman–Crippen MR) is 123 cm³/mol. The molecule has 0 atom stereocenters. The molecule has 1 N–H and O–H groups in total. The van der Waals surface area contributed by atoms with Gasteiger partial charge in [0.1, 0.15) is 30.5 Å². The van der Waals surface area contributed by atoms with Gasteiger partial charge < -0.3 is 19.3 Å². The van der Waals surface area contributed by atoms with Gasteiger partial charge in [0.15, 0.2) is 6.61 Å². The van der Waals surface area contributed by atoms with Gasteiger partial charge in [0.2, 0.25) is 0 Å². The number of ether oxygens (including phenoxy) is 3. The minimum atomic E-state index is -1.02. The van der Waals surface area contributed by atoms with E-state index in [0.29, 0.717) is 23.9 Å². The van der Waals surface area contributed by atoms with Crippen LogP contribution in [0.1, 0.15) is 16.7 Å². The molecular weight excluding hydrogens is 404 g/mol. The minimum Gasteiger partial charge on any atom is -0.489 e. The summed E-state index contributed by atoms with van der Waals surface area (Å²) in [5.41, 5.74) is 2.74. The number of hydrogen-bond donors (Lipinski definition) is 1. The zero-order valence-electron chi connectivity index (χ0n) is 17.8. The largest absolute Gasteiger partial charge is 0.489 e. The molecule has 0 bridgehead atoms. The molecule has 0 saturated carbocycles. The van der Waals surface area contributed by atoms with Crippen LogP contribution in [-0.2, 0) is 18.0 Å². The smallest absolute Gasteiger partial charge is 0.341 e. The molecule has 4 aromatic rings. The molecule has 0 saturated heterocycles. The fourth-order valence-electron chi connectivity index (χ4n) is 3.48. The van der Waals surface area contributed by atoms with Crippen LogP contribution in [0.25, 0.3) is 10.8 Å². The Hall–Kier alpha value is -3.99. The highest BCUT2D eigenvalue weighted by Gasteiger charge is 2.10. The second-order valence-electron chi connectivity index (χ2n) is 7.48. The predicted octanol–water partition coefficient (Wildman–Crippen LogP) is 5.77. The van der Waals surface area contributed by atoms with Crippen LogP contribution < -0.4 is 14.2 Å². The van der Waals surface area contributed by atoms with E-state index < -0.39 is 12.6 Å². The highest BCUT2D eigenvalue weighted by molar-refractivity contribution is 5.82. The van der Waals surface area contributed by atoms with Crippen molar-refractivity contribution in [1.29, 1.82) is 0 Å². The van der Waals surface area contributed by atoms with Crippen molar-refractivity contribution in [1.82, 2.24) is 0 Å². The quantitative estimate of drug-likeness (QED) is 0.367. The van der Waals surface area contributed by atoms with Gasteiger partial charge in [-0.05, 0) is 47.0 Å². The molecule has 5 nitrogen and oxygen atoms in total. The summed E-state index contributed by atoms with van der Waals surface area (Å²) in [6.07, 6.45) is 0. The van der Waals surface area contributed by atoms with Crippen LogP contribution in [0.3, 0.4) is 0 Å². The summed E-state index contributed by atoms with van der Waals surface area (Å²) in [6, 6.07) is 27.6. The van der Waals surface area contributed by atoms with Crippen molar-refractivity contribution in [2.24, 2.45) is 0 Å². The van der Waals surface area contributed by atoms with Crippen LogP contribution in [0.2, 0.25) is 0 Å². The zero-order chi connectivity index (χ0) is 22.3. The number of rotatable bonds is 9. The van der Waals surface area contributed by atoms with Crippen molar-refractivity contribution in [3.8, 4) is 17.2 Å². The number of carboxylic acids is 1. The SMILES string of the molecule is Cc1cccc(COc2cccc(OCc3ccc4ccccc4c3)c2)c1OCC(=O)O. The summed E-state index contributed by atoms with van der Waals surface area (Å²) in [4.78, 5) is 10.9. The summed E-state index contributed by atoms with van der Waals surface area (Å²) in [5, 5.41) is 11.3. The van der Waals surface area contributed by atoms with Crippen molar-refractivity contribution < 1.29 is 24.1 Å². The van der Waals surface area contributed by atoms with Gasteiger partial charge in [-0.15, -0.1) is 0 Å². The van der Waals surface area contributed by atoms with Gasteiger partial charge in [0.05, 0.1) is 0 Å². The number of benzene rings is 4. The van der Waals surface area contributed by atoms with Crippen LogP contribution in [0.4, 0.5) is 0 Å². The maximum absolute atomic E-state index is 10.9. The molecule has 0 fully saturated rings. The monoisotopic (exact) mass is 428 g/mol. The average Bonchev–Trinajstić information content (AvgIpc) is 2.81. The molecule has 0 heterocycles. The number of fused-ring (bicyclic) bond motifs is 1. The fraction of sp³-hybridized carbons (Fsp3) is 0.148. The van der Waals surface area contributed by atoms with E-state index in [4.69, 9.17) is 19.3 Å². The fourth-order valence-corrected chi connectivity index (χ4v) is 3.48. The molecule has 4 rings (SSSR count). The van der Waals surface area contributed by atoms with Gasteiger partial charge in [-0.1, -0.05) is 60.7 Å². The molecule has 5 heteroatoms. The van der Waals surface area contributed by atoms with Gasteiger partial charge in [-0.25, -0.2) is 4.79 Å². The van der Waals surface area contributed by atoms with Gasteiger partial charge in [-0.3, -0.25) is 0 Å². The maximum Gasteiger partial charge on any atom is 0.341 e. The summed E-state index contributed by atoms with van der Waals surface area (Å²) in [5.74, 6) is 0.893. The Bertz CT molecular complexity index is 1230. The Labute approximate surface area is 186 Å². The molecule has 0 aromatic heterocycles. The van der Waals surface area contributed by atoms with Gasteiger partial charge in [0, 0.05) is 11.6 Å². The lowest BCUT2D eigenvalue weighted by Crippen LogP contribution is -2.12. The molecule has 0 unspecified atom stereocenters. The molecule has 0 amide bonds. The van der Waals surface area contributed by atoms with Crippen LogP contribution >= 0.6 is 0 Å². The van der Waals surface area contributed by atoms with E-state index in [1.165, 1.54) is 10.8 Å². The number of aliphatic carboxylic acids is 1. The second-order valence-corrected chi connectivity index (χ2v) is 7.48. The van der Waals surface area contributed by atoms with E-state index in [9.17, 15) is 4.79 Å². The normalized spacial score (nSPS) is 10.7. The number of carbonyl (C=O) groups is 1. The van der Waals surface area contributed by atoms with Gasteiger partial charge >= 0.3 is 5.97 Å². The lowest BCUT2D eigenvalue weighted by atomic mass is 10.1. The molecule has 32 heavy (non-hydrogen) atoms. The standard InChI is InChI=1S/C27H24O5/c1-19-6-4-9-23(27(19)32-18-26(28)29)17-31-25-11-5-10-24(15-25)30-16-20-12-13-21-7-2-3-8-22(21)14-20/h2-15H,16-18H2,1H3,(H,28,29). The zero-order valence-corrected chi connectivity index (χ0v) is 17.8. The first kappa shape index (κ1) is 21.2. The van der Waals surface area contributed by atoms with E-state index in [0.717, 1.165) is 16.7 Å². The maximum atomic E-state index is 10.9. The van der Waals surface area contributed by atoms with Crippen molar-refractivity contribution >= 4 is 16.7 Å². The molecule has 0 aliphatic heterocycles. The highest BCUT2D eigenvalue weighted by Crippen LogP contribution is 2.27.